The molecule has 0 fully saturated rings. The highest BCUT2D eigenvalue weighted by atomic mass is 32.1. The minimum Gasteiger partial charge on any atom is -0.503 e. The van der Waals surface area contributed by atoms with E-state index in [2.05, 4.69) is 15.0 Å². The third kappa shape index (κ3) is 3.31. The lowest BCUT2D eigenvalue weighted by Gasteiger charge is -2.26. The second-order valence-electron chi connectivity index (χ2n) is 8.28. The van der Waals surface area contributed by atoms with Crippen molar-refractivity contribution in [1.29, 1.82) is 0 Å². The van der Waals surface area contributed by atoms with Crippen LogP contribution >= 0.6 is 11.3 Å². The van der Waals surface area contributed by atoms with E-state index < -0.39 is 23.5 Å². The second-order valence-corrected chi connectivity index (χ2v) is 9.26. The summed E-state index contributed by atoms with van der Waals surface area (Å²) in [6.07, 6.45) is 4.91. The standard InChI is InChI=1S/C26H19N5O3S/c1-15-24(35-26-29-17-8-2-3-10-19(17)31(15)26)22(32)20-21(18-9-4-5-12-28-18)30(25(34)23(20)33)14-16-7-6-11-27-13-16/h2-13,21,33H,14H2,1H3. The van der Waals surface area contributed by atoms with Gasteiger partial charge in [-0.1, -0.05) is 35.6 Å². The maximum atomic E-state index is 13.9. The normalized spacial score (nSPS) is 16.1. The Balaban J connectivity index is 1.47. The number of ketones is 1. The van der Waals surface area contributed by atoms with Gasteiger partial charge in [-0.2, -0.15) is 0 Å². The largest absolute Gasteiger partial charge is 0.503 e. The molecule has 8 nitrogen and oxygen atoms in total. The number of rotatable bonds is 5. The lowest BCUT2D eigenvalue weighted by Crippen LogP contribution is -2.31. The lowest BCUT2D eigenvalue weighted by molar-refractivity contribution is -0.130. The van der Waals surface area contributed by atoms with Gasteiger partial charge >= 0.3 is 0 Å². The molecule has 5 aromatic rings. The van der Waals surface area contributed by atoms with Gasteiger partial charge in [-0.15, -0.1) is 0 Å². The number of thiazole rings is 1. The van der Waals surface area contributed by atoms with Crippen LogP contribution < -0.4 is 0 Å². The molecule has 9 heteroatoms. The minimum absolute atomic E-state index is 0.0227. The van der Waals surface area contributed by atoms with Gasteiger partial charge in [0.05, 0.1) is 27.2 Å². The number of nitrogens with zero attached hydrogens (tertiary/aromatic N) is 5. The maximum Gasteiger partial charge on any atom is 0.290 e. The average molecular weight is 482 g/mol. The van der Waals surface area contributed by atoms with Crippen LogP contribution in [0.1, 0.15) is 32.7 Å². The van der Waals surface area contributed by atoms with Crippen LogP contribution in [0.25, 0.3) is 16.0 Å². The SMILES string of the molecule is Cc1c(C(=O)C2=C(O)C(=O)N(Cc3cccnc3)C2c2ccccn2)sc2nc3ccccc3n12. The molecule has 1 amide bonds. The van der Waals surface area contributed by atoms with E-state index in [0.29, 0.717) is 21.2 Å². The Morgan fingerprint density at radius 2 is 1.91 bits per heavy atom. The first-order valence-corrected chi connectivity index (χ1v) is 11.8. The van der Waals surface area contributed by atoms with Crippen molar-refractivity contribution >= 4 is 39.0 Å². The topological polar surface area (TPSA) is 101 Å². The number of amides is 1. The van der Waals surface area contributed by atoms with Crippen molar-refractivity contribution in [1.82, 2.24) is 24.3 Å². The van der Waals surface area contributed by atoms with Crippen molar-refractivity contribution in [3.05, 3.63) is 106 Å². The number of hydrogen-bond donors (Lipinski definition) is 1. The number of carbonyl (C=O) groups is 2. The van der Waals surface area contributed by atoms with E-state index in [0.717, 1.165) is 16.6 Å². The van der Waals surface area contributed by atoms with Crippen molar-refractivity contribution in [3.8, 4) is 0 Å². The van der Waals surface area contributed by atoms with E-state index >= 15 is 0 Å². The zero-order chi connectivity index (χ0) is 24.1. The van der Waals surface area contributed by atoms with E-state index in [-0.39, 0.29) is 12.1 Å². The van der Waals surface area contributed by atoms with Gasteiger partial charge in [0.25, 0.3) is 5.91 Å². The van der Waals surface area contributed by atoms with Crippen LogP contribution in [0.2, 0.25) is 0 Å². The zero-order valence-electron chi connectivity index (χ0n) is 18.6. The predicted molar refractivity (Wildman–Crippen MR) is 131 cm³/mol. The molecule has 1 aliphatic heterocycles. The third-order valence-electron chi connectivity index (χ3n) is 6.19. The van der Waals surface area contributed by atoms with Crippen LogP contribution in [0.4, 0.5) is 0 Å². The number of fused-ring (bicyclic) bond motifs is 3. The highest BCUT2D eigenvalue weighted by Gasteiger charge is 2.45. The highest BCUT2D eigenvalue weighted by molar-refractivity contribution is 7.19. The molecule has 6 rings (SSSR count). The Kier molecular flexibility index (Phi) is 4.93. The van der Waals surface area contributed by atoms with Gasteiger partial charge < -0.3 is 10.0 Å². The molecule has 5 heterocycles. The molecular weight excluding hydrogens is 462 g/mol. The Hall–Kier alpha value is -4.37. The Bertz CT molecular complexity index is 1640. The van der Waals surface area contributed by atoms with Gasteiger partial charge in [0.15, 0.2) is 10.7 Å². The van der Waals surface area contributed by atoms with E-state index in [4.69, 9.17) is 0 Å². The molecular formula is C26H19N5O3S. The van der Waals surface area contributed by atoms with Gasteiger partial charge in [-0.3, -0.25) is 24.0 Å². The molecule has 0 saturated carbocycles. The summed E-state index contributed by atoms with van der Waals surface area (Å²) in [7, 11) is 0. The van der Waals surface area contributed by atoms with Gasteiger partial charge in [0.1, 0.15) is 6.04 Å². The number of aliphatic hydroxyl groups excluding tert-OH is 1. The summed E-state index contributed by atoms with van der Waals surface area (Å²) in [6.45, 7) is 2.02. The fourth-order valence-corrected chi connectivity index (χ4v) is 5.67. The van der Waals surface area contributed by atoms with Crippen LogP contribution in [-0.2, 0) is 11.3 Å². The number of para-hydroxylation sites is 2. The fraction of sp³-hybridized carbons (Fsp3) is 0.115. The van der Waals surface area contributed by atoms with E-state index in [1.54, 1.807) is 42.9 Å². The van der Waals surface area contributed by atoms with Crippen LogP contribution in [0.15, 0.2) is 84.5 Å². The molecule has 172 valence electrons. The van der Waals surface area contributed by atoms with Gasteiger partial charge in [0, 0.05) is 30.8 Å². The molecule has 0 bridgehead atoms. The summed E-state index contributed by atoms with van der Waals surface area (Å²) in [5.74, 6) is -1.57. The Labute approximate surface area is 203 Å². The molecule has 1 atom stereocenters. The molecule has 1 N–H and O–H groups in total. The van der Waals surface area contributed by atoms with Gasteiger partial charge in [-0.25, -0.2) is 4.98 Å². The highest BCUT2D eigenvalue weighted by Crippen LogP contribution is 2.41. The summed E-state index contributed by atoms with van der Waals surface area (Å²) in [4.78, 5) is 42.9. The summed E-state index contributed by atoms with van der Waals surface area (Å²) in [5, 5.41) is 11.0. The smallest absolute Gasteiger partial charge is 0.290 e. The molecule has 4 aromatic heterocycles. The first-order valence-electron chi connectivity index (χ1n) is 11.0. The second kappa shape index (κ2) is 8.14. The van der Waals surface area contributed by atoms with Crippen LogP contribution in [0, 0.1) is 6.92 Å². The number of aliphatic hydroxyl groups is 1. The molecule has 1 aliphatic rings. The minimum atomic E-state index is -0.832. The molecule has 35 heavy (non-hydrogen) atoms. The molecule has 1 unspecified atom stereocenters. The number of pyridine rings is 2. The molecule has 0 aliphatic carbocycles. The van der Waals surface area contributed by atoms with E-state index in [1.807, 2.05) is 41.7 Å². The summed E-state index contributed by atoms with van der Waals surface area (Å²) in [5.41, 5.74) is 3.75. The fourth-order valence-electron chi connectivity index (χ4n) is 4.58. The van der Waals surface area contributed by atoms with Crippen LogP contribution in [0.3, 0.4) is 0 Å². The summed E-state index contributed by atoms with van der Waals surface area (Å²) < 4.78 is 1.94. The summed E-state index contributed by atoms with van der Waals surface area (Å²) >= 11 is 1.25. The molecule has 0 radical (unpaired) electrons. The number of hydrogen-bond acceptors (Lipinski definition) is 7. The van der Waals surface area contributed by atoms with Crippen molar-refractivity contribution in [2.45, 2.75) is 19.5 Å². The van der Waals surface area contributed by atoms with Crippen molar-refractivity contribution in [2.75, 3.05) is 0 Å². The first kappa shape index (κ1) is 21.2. The quantitative estimate of drug-likeness (QED) is 0.373. The Morgan fingerprint density at radius 1 is 1.09 bits per heavy atom. The number of Topliss-reactive ketones (excluding diaryl/α,β-unsaturated/α-hetero) is 1. The number of aromatic nitrogens is 4. The third-order valence-corrected chi connectivity index (χ3v) is 7.33. The summed E-state index contributed by atoms with van der Waals surface area (Å²) in [6, 6.07) is 15.8. The van der Waals surface area contributed by atoms with E-state index in [1.165, 1.54) is 16.2 Å². The number of benzene rings is 1. The maximum absolute atomic E-state index is 13.9. The molecule has 0 spiro atoms. The van der Waals surface area contributed by atoms with Crippen molar-refractivity contribution < 1.29 is 14.7 Å². The van der Waals surface area contributed by atoms with Crippen molar-refractivity contribution in [3.63, 3.8) is 0 Å². The molecule has 0 saturated heterocycles. The monoisotopic (exact) mass is 481 g/mol. The average Bonchev–Trinajstić information content (AvgIpc) is 3.49. The van der Waals surface area contributed by atoms with Crippen molar-refractivity contribution in [2.24, 2.45) is 0 Å². The van der Waals surface area contributed by atoms with Crippen LogP contribution in [-0.4, -0.2) is 41.0 Å². The lowest BCUT2D eigenvalue weighted by atomic mass is 9.98. The zero-order valence-corrected chi connectivity index (χ0v) is 19.4. The van der Waals surface area contributed by atoms with Crippen LogP contribution in [0.5, 0.6) is 0 Å². The number of carbonyl (C=O) groups excluding carboxylic acids is 2. The van der Waals surface area contributed by atoms with Gasteiger partial charge in [0.2, 0.25) is 5.78 Å². The molecule has 1 aromatic carbocycles. The predicted octanol–water partition coefficient (Wildman–Crippen LogP) is 4.43. The van der Waals surface area contributed by atoms with E-state index in [9.17, 15) is 14.7 Å². The number of aryl methyl sites for hydroxylation is 1. The first-order chi connectivity index (χ1) is 17.0. The van der Waals surface area contributed by atoms with Gasteiger partial charge in [-0.05, 0) is 42.8 Å². The Morgan fingerprint density at radius 3 is 2.69 bits per heavy atom. The number of imidazole rings is 1.